The topological polar surface area (TPSA) is 79.4 Å². The third-order valence-corrected chi connectivity index (χ3v) is 4.13. The third kappa shape index (κ3) is 4.54. The van der Waals surface area contributed by atoms with Gasteiger partial charge in [0.2, 0.25) is 0 Å². The molecule has 1 aromatic heterocycles. The van der Waals surface area contributed by atoms with E-state index in [0.717, 1.165) is 16.9 Å². The lowest BCUT2D eigenvalue weighted by atomic mass is 10.2. The molecule has 0 amide bonds. The molecule has 0 radical (unpaired) electrons. The summed E-state index contributed by atoms with van der Waals surface area (Å²) < 4.78 is 6.21. The van der Waals surface area contributed by atoms with E-state index in [1.54, 1.807) is 6.21 Å². The van der Waals surface area contributed by atoms with Gasteiger partial charge in [-0.25, -0.2) is 5.10 Å². The molecule has 25 heavy (non-hydrogen) atoms. The summed E-state index contributed by atoms with van der Waals surface area (Å²) >= 11 is 3.19. The van der Waals surface area contributed by atoms with Crippen molar-refractivity contribution < 1.29 is 4.74 Å². The SMILES string of the molecule is O=c1[nH]ncc(N/N=C\c2ccccc2OCc2ccccc2)c1Br. The maximum atomic E-state index is 11.5. The van der Waals surface area contributed by atoms with E-state index in [1.807, 2.05) is 54.6 Å². The molecule has 0 atom stereocenters. The van der Waals surface area contributed by atoms with E-state index in [-0.39, 0.29) is 5.56 Å². The van der Waals surface area contributed by atoms with E-state index in [0.29, 0.717) is 16.8 Å². The maximum Gasteiger partial charge on any atom is 0.280 e. The fourth-order valence-electron chi connectivity index (χ4n) is 2.09. The highest BCUT2D eigenvalue weighted by Gasteiger charge is 2.04. The average Bonchev–Trinajstić information content (AvgIpc) is 2.65. The standard InChI is InChI=1S/C18H15BrN4O2/c19-17-15(11-21-23-18(17)24)22-20-10-14-8-4-5-9-16(14)25-12-13-6-2-1-3-7-13/h1-11H,12H2,(H2,22,23,24)/b20-10-. The van der Waals surface area contributed by atoms with Crippen LogP contribution in [0.5, 0.6) is 5.75 Å². The van der Waals surface area contributed by atoms with Gasteiger partial charge in [-0.15, -0.1) is 0 Å². The number of benzene rings is 2. The molecule has 0 aliphatic rings. The van der Waals surface area contributed by atoms with Crippen LogP contribution in [0.2, 0.25) is 0 Å². The van der Waals surface area contributed by atoms with E-state index in [2.05, 4.69) is 36.7 Å². The smallest absolute Gasteiger partial charge is 0.280 e. The number of aromatic amines is 1. The molecule has 0 aliphatic heterocycles. The molecule has 126 valence electrons. The molecule has 0 saturated heterocycles. The molecular formula is C18H15BrN4O2. The second kappa shape index (κ2) is 8.25. The van der Waals surface area contributed by atoms with E-state index in [9.17, 15) is 4.79 Å². The van der Waals surface area contributed by atoms with Crippen LogP contribution in [0.1, 0.15) is 11.1 Å². The Hall–Kier alpha value is -2.93. The number of anilines is 1. The summed E-state index contributed by atoms with van der Waals surface area (Å²) in [4.78, 5) is 11.5. The van der Waals surface area contributed by atoms with Crippen molar-refractivity contribution in [2.45, 2.75) is 6.61 Å². The van der Waals surface area contributed by atoms with Crippen LogP contribution in [0.3, 0.4) is 0 Å². The molecule has 0 fully saturated rings. The number of H-pyrrole nitrogens is 1. The fourth-order valence-corrected chi connectivity index (χ4v) is 2.37. The number of hydrazone groups is 1. The van der Waals surface area contributed by atoms with Crippen LogP contribution in [0.15, 0.2) is 75.2 Å². The summed E-state index contributed by atoms with van der Waals surface area (Å²) in [6.45, 7) is 0.475. The third-order valence-electron chi connectivity index (χ3n) is 3.34. The van der Waals surface area contributed by atoms with Crippen LogP contribution < -0.4 is 15.7 Å². The van der Waals surface area contributed by atoms with E-state index in [4.69, 9.17) is 4.74 Å². The second-order valence-corrected chi connectivity index (χ2v) is 5.90. The van der Waals surface area contributed by atoms with Crippen molar-refractivity contribution in [1.29, 1.82) is 0 Å². The number of nitrogens with one attached hydrogen (secondary N) is 2. The number of aromatic nitrogens is 2. The van der Waals surface area contributed by atoms with Gasteiger partial charge < -0.3 is 4.74 Å². The molecule has 1 heterocycles. The highest BCUT2D eigenvalue weighted by molar-refractivity contribution is 9.10. The summed E-state index contributed by atoms with van der Waals surface area (Å²) in [5, 5.41) is 10.2. The molecule has 6 nitrogen and oxygen atoms in total. The predicted octanol–water partition coefficient (Wildman–Crippen LogP) is 3.56. The van der Waals surface area contributed by atoms with Gasteiger partial charge in [-0.05, 0) is 33.6 Å². The van der Waals surface area contributed by atoms with Crippen molar-refractivity contribution in [2.75, 3.05) is 5.43 Å². The Morgan fingerprint density at radius 1 is 1.16 bits per heavy atom. The molecule has 0 bridgehead atoms. The van der Waals surface area contributed by atoms with Crippen molar-refractivity contribution in [3.8, 4) is 5.75 Å². The Morgan fingerprint density at radius 3 is 2.76 bits per heavy atom. The van der Waals surface area contributed by atoms with Crippen LogP contribution in [0, 0.1) is 0 Å². The van der Waals surface area contributed by atoms with Crippen molar-refractivity contribution in [1.82, 2.24) is 10.2 Å². The number of ether oxygens (including phenoxy) is 1. The molecule has 2 N–H and O–H groups in total. The Kier molecular flexibility index (Phi) is 5.58. The Morgan fingerprint density at radius 2 is 1.92 bits per heavy atom. The molecule has 0 unspecified atom stereocenters. The Bertz CT molecular complexity index is 926. The zero-order valence-electron chi connectivity index (χ0n) is 13.1. The lowest BCUT2D eigenvalue weighted by Gasteiger charge is -2.09. The first-order chi connectivity index (χ1) is 12.2. The highest BCUT2D eigenvalue weighted by Crippen LogP contribution is 2.18. The first-order valence-corrected chi connectivity index (χ1v) is 8.31. The van der Waals surface area contributed by atoms with Crippen LogP contribution in [0.4, 0.5) is 5.69 Å². The Balaban J connectivity index is 1.70. The minimum atomic E-state index is -0.327. The van der Waals surface area contributed by atoms with Gasteiger partial charge in [0, 0.05) is 5.56 Å². The van der Waals surface area contributed by atoms with Gasteiger partial charge in [-0.3, -0.25) is 10.2 Å². The first-order valence-electron chi connectivity index (χ1n) is 7.52. The largest absolute Gasteiger partial charge is 0.488 e. The summed E-state index contributed by atoms with van der Waals surface area (Å²) in [5.74, 6) is 0.722. The van der Waals surface area contributed by atoms with Crippen LogP contribution in [-0.2, 0) is 6.61 Å². The molecule has 0 spiro atoms. The first kappa shape index (κ1) is 16.9. The average molecular weight is 399 g/mol. The number of nitrogens with zero attached hydrogens (tertiary/aromatic N) is 2. The van der Waals surface area contributed by atoms with Gasteiger partial charge >= 0.3 is 0 Å². The van der Waals surface area contributed by atoms with Gasteiger partial charge in [-0.1, -0.05) is 42.5 Å². The van der Waals surface area contributed by atoms with Gasteiger partial charge in [0.1, 0.15) is 16.8 Å². The summed E-state index contributed by atoms with van der Waals surface area (Å²) in [6, 6.07) is 17.5. The van der Waals surface area contributed by atoms with Crippen LogP contribution in [-0.4, -0.2) is 16.4 Å². The molecule has 2 aromatic carbocycles. The molecule has 3 aromatic rings. The minimum Gasteiger partial charge on any atom is -0.488 e. The maximum absolute atomic E-state index is 11.5. The number of halogens is 1. The second-order valence-electron chi connectivity index (χ2n) is 5.11. The van der Waals surface area contributed by atoms with E-state index < -0.39 is 0 Å². The number of hydrogen-bond acceptors (Lipinski definition) is 5. The van der Waals surface area contributed by atoms with Crippen molar-refractivity contribution >= 4 is 27.8 Å². The number of rotatable bonds is 6. The van der Waals surface area contributed by atoms with Gasteiger partial charge in [-0.2, -0.15) is 10.2 Å². The summed E-state index contributed by atoms with van der Waals surface area (Å²) in [7, 11) is 0. The van der Waals surface area contributed by atoms with E-state index >= 15 is 0 Å². The zero-order chi connectivity index (χ0) is 17.5. The molecule has 0 aliphatic carbocycles. The van der Waals surface area contributed by atoms with Crippen molar-refractivity contribution in [2.24, 2.45) is 5.10 Å². The van der Waals surface area contributed by atoms with Gasteiger partial charge in [0.05, 0.1) is 18.1 Å². The molecular weight excluding hydrogens is 384 g/mol. The Labute approximate surface area is 152 Å². The van der Waals surface area contributed by atoms with Crippen LogP contribution >= 0.6 is 15.9 Å². The quantitative estimate of drug-likeness (QED) is 0.491. The minimum absolute atomic E-state index is 0.327. The zero-order valence-corrected chi connectivity index (χ0v) is 14.7. The summed E-state index contributed by atoms with van der Waals surface area (Å²) in [5.41, 5.74) is 4.84. The molecule has 0 saturated carbocycles. The van der Waals surface area contributed by atoms with Crippen molar-refractivity contribution in [3.05, 3.63) is 86.7 Å². The predicted molar refractivity (Wildman–Crippen MR) is 101 cm³/mol. The lowest BCUT2D eigenvalue weighted by Crippen LogP contribution is -2.10. The van der Waals surface area contributed by atoms with Gasteiger partial charge in [0.25, 0.3) is 5.56 Å². The number of para-hydroxylation sites is 1. The molecule has 7 heteroatoms. The van der Waals surface area contributed by atoms with Gasteiger partial charge in [0.15, 0.2) is 0 Å². The van der Waals surface area contributed by atoms with Crippen LogP contribution in [0.25, 0.3) is 0 Å². The monoisotopic (exact) mass is 398 g/mol. The molecule has 3 rings (SSSR count). The highest BCUT2D eigenvalue weighted by atomic mass is 79.9. The lowest BCUT2D eigenvalue weighted by molar-refractivity contribution is 0.306. The summed E-state index contributed by atoms with van der Waals surface area (Å²) in [6.07, 6.45) is 3.11. The van der Waals surface area contributed by atoms with Crippen molar-refractivity contribution in [3.63, 3.8) is 0 Å². The normalized spacial score (nSPS) is 10.8. The van der Waals surface area contributed by atoms with E-state index in [1.165, 1.54) is 6.20 Å². The number of hydrogen-bond donors (Lipinski definition) is 2. The fraction of sp³-hybridized carbons (Fsp3) is 0.0556.